The first-order valence-electron chi connectivity index (χ1n) is 10.4. The highest BCUT2D eigenvalue weighted by atomic mass is 16.2. The van der Waals surface area contributed by atoms with Crippen LogP contribution in [0.2, 0.25) is 0 Å². The summed E-state index contributed by atoms with van der Waals surface area (Å²) in [5, 5.41) is 9.73. The number of nitrogens with two attached hydrogens (primary N) is 1. The third-order valence-corrected chi connectivity index (χ3v) is 5.51. The van der Waals surface area contributed by atoms with Crippen LogP contribution in [0.5, 0.6) is 0 Å². The summed E-state index contributed by atoms with van der Waals surface area (Å²) in [5.41, 5.74) is 10.6. The van der Waals surface area contributed by atoms with Gasteiger partial charge in [-0.2, -0.15) is 0 Å². The van der Waals surface area contributed by atoms with Crippen LogP contribution in [0.1, 0.15) is 19.3 Å². The molecule has 6 heteroatoms. The van der Waals surface area contributed by atoms with Crippen LogP contribution in [-0.2, 0) is 11.3 Å². The molecule has 0 radical (unpaired) electrons. The number of benzene rings is 2. The second-order valence-corrected chi connectivity index (χ2v) is 7.61. The highest BCUT2D eigenvalue weighted by Gasteiger charge is 2.16. The smallest absolute Gasteiger partial charge is 0.246 e. The van der Waals surface area contributed by atoms with E-state index in [2.05, 4.69) is 34.5 Å². The number of piperidine rings is 1. The molecule has 1 saturated heterocycles. The van der Waals surface area contributed by atoms with E-state index >= 15 is 0 Å². The Hall–Kier alpha value is -3.54. The largest absolute Gasteiger partial charge is 0.372 e. The van der Waals surface area contributed by atoms with Gasteiger partial charge in [-0.25, -0.2) is 0 Å². The highest BCUT2D eigenvalue weighted by molar-refractivity contribution is 5.95. The Bertz CT molecular complexity index is 1020. The summed E-state index contributed by atoms with van der Waals surface area (Å²) in [4.78, 5) is 14.8. The van der Waals surface area contributed by atoms with Crippen LogP contribution in [0.25, 0.3) is 22.5 Å². The number of hydrogen-bond acceptors (Lipinski definition) is 3. The van der Waals surface area contributed by atoms with Crippen molar-refractivity contribution in [1.82, 2.24) is 9.88 Å². The van der Waals surface area contributed by atoms with E-state index in [1.807, 2.05) is 47.0 Å². The number of aromatic nitrogens is 1. The van der Waals surface area contributed by atoms with Gasteiger partial charge in [0.2, 0.25) is 5.91 Å². The van der Waals surface area contributed by atoms with E-state index < -0.39 is 0 Å². The molecular formula is C24H27N5O. The van der Waals surface area contributed by atoms with Crippen molar-refractivity contribution in [3.8, 4) is 22.5 Å². The first-order chi connectivity index (χ1) is 14.6. The molecule has 1 aliphatic rings. The summed E-state index contributed by atoms with van der Waals surface area (Å²) < 4.78 is 1.98. The molecular weight excluding hydrogens is 374 g/mol. The van der Waals surface area contributed by atoms with Crippen molar-refractivity contribution in [2.75, 3.05) is 18.0 Å². The van der Waals surface area contributed by atoms with Crippen LogP contribution >= 0.6 is 0 Å². The number of anilines is 1. The number of guanidine groups is 1. The van der Waals surface area contributed by atoms with Crippen molar-refractivity contribution in [3.63, 3.8) is 0 Å². The van der Waals surface area contributed by atoms with Gasteiger partial charge < -0.3 is 15.2 Å². The monoisotopic (exact) mass is 401 g/mol. The number of carbonyl (C=O) groups excluding carboxylic acids is 1. The number of nitrogens with one attached hydrogen (secondary N) is 2. The van der Waals surface area contributed by atoms with E-state index in [9.17, 15) is 4.79 Å². The van der Waals surface area contributed by atoms with Gasteiger partial charge in [-0.3, -0.25) is 15.5 Å². The Labute approximate surface area is 176 Å². The lowest BCUT2D eigenvalue weighted by Crippen LogP contribution is -2.37. The minimum atomic E-state index is -0.346. The van der Waals surface area contributed by atoms with Gasteiger partial charge in [0, 0.05) is 30.2 Å². The van der Waals surface area contributed by atoms with Crippen LogP contribution in [-0.4, -0.2) is 29.5 Å². The molecule has 3 aromatic rings. The lowest BCUT2D eigenvalue weighted by atomic mass is 10.1. The lowest BCUT2D eigenvalue weighted by Gasteiger charge is -2.29. The average molecular weight is 402 g/mol. The maximum Gasteiger partial charge on any atom is 0.246 e. The summed E-state index contributed by atoms with van der Waals surface area (Å²) in [6, 6.07) is 22.6. The van der Waals surface area contributed by atoms with Crippen molar-refractivity contribution in [2.24, 2.45) is 5.73 Å². The Morgan fingerprint density at radius 1 is 0.867 bits per heavy atom. The predicted octanol–water partition coefficient (Wildman–Crippen LogP) is 3.82. The molecule has 0 aliphatic carbocycles. The number of hydrogen-bond donors (Lipinski definition) is 3. The summed E-state index contributed by atoms with van der Waals surface area (Å²) in [6.07, 6.45) is 3.80. The molecule has 1 amide bonds. The fourth-order valence-corrected chi connectivity index (χ4v) is 4.08. The molecule has 154 valence electrons. The van der Waals surface area contributed by atoms with E-state index in [-0.39, 0.29) is 18.4 Å². The van der Waals surface area contributed by atoms with Crippen molar-refractivity contribution < 1.29 is 4.79 Å². The highest BCUT2D eigenvalue weighted by Crippen LogP contribution is 2.30. The van der Waals surface area contributed by atoms with Gasteiger partial charge in [0.05, 0.1) is 0 Å². The molecule has 1 aliphatic heterocycles. The standard InChI is InChI=1S/C24H27N5O/c25-24(26)27-23(30)17-29-21(18-7-3-1-4-8-18)13-14-22(29)19-9-11-20(12-10-19)28-15-5-2-6-16-28/h1,3-4,7-14H,2,5-6,15-17H2,(H4,25,26,27,30). The summed E-state index contributed by atoms with van der Waals surface area (Å²) in [7, 11) is 0. The maximum absolute atomic E-state index is 12.4. The molecule has 0 unspecified atom stereocenters. The first kappa shape index (κ1) is 19.8. The van der Waals surface area contributed by atoms with E-state index in [0.717, 1.165) is 35.6 Å². The molecule has 2 aromatic carbocycles. The molecule has 0 bridgehead atoms. The molecule has 6 nitrogen and oxygen atoms in total. The van der Waals surface area contributed by atoms with Crippen LogP contribution in [0, 0.1) is 5.41 Å². The minimum Gasteiger partial charge on any atom is -0.372 e. The molecule has 4 rings (SSSR count). The maximum atomic E-state index is 12.4. The predicted molar refractivity (Wildman–Crippen MR) is 121 cm³/mol. The van der Waals surface area contributed by atoms with Gasteiger partial charge in [0.15, 0.2) is 5.96 Å². The fourth-order valence-electron chi connectivity index (χ4n) is 4.08. The van der Waals surface area contributed by atoms with Gasteiger partial charge >= 0.3 is 0 Å². The van der Waals surface area contributed by atoms with Gasteiger partial charge in [-0.1, -0.05) is 42.5 Å². The Morgan fingerprint density at radius 2 is 1.47 bits per heavy atom. The average Bonchev–Trinajstić information content (AvgIpc) is 3.18. The SMILES string of the molecule is N=C(N)NC(=O)Cn1c(-c2ccccc2)ccc1-c1ccc(N2CCCCC2)cc1. The van der Waals surface area contributed by atoms with Gasteiger partial charge in [-0.15, -0.1) is 0 Å². The fraction of sp³-hybridized carbons (Fsp3) is 0.250. The van der Waals surface area contributed by atoms with Crippen LogP contribution in [0.15, 0.2) is 66.7 Å². The zero-order chi connectivity index (χ0) is 20.9. The zero-order valence-electron chi connectivity index (χ0n) is 17.0. The topological polar surface area (TPSA) is 87.1 Å². The Kier molecular flexibility index (Phi) is 5.84. The number of rotatable bonds is 5. The van der Waals surface area contributed by atoms with Gasteiger partial charge in [0.1, 0.15) is 6.54 Å². The molecule has 0 saturated carbocycles. The second kappa shape index (κ2) is 8.86. The molecule has 1 aromatic heterocycles. The Balaban J connectivity index is 1.67. The van der Waals surface area contributed by atoms with Gasteiger partial charge in [0.25, 0.3) is 0 Å². The number of amides is 1. The first-order valence-corrected chi connectivity index (χ1v) is 10.4. The van der Waals surface area contributed by atoms with Crippen molar-refractivity contribution >= 4 is 17.6 Å². The molecule has 0 spiro atoms. The zero-order valence-corrected chi connectivity index (χ0v) is 17.0. The van der Waals surface area contributed by atoms with E-state index in [1.165, 1.54) is 24.9 Å². The number of nitrogens with zero attached hydrogens (tertiary/aromatic N) is 2. The third kappa shape index (κ3) is 4.38. The van der Waals surface area contributed by atoms with Gasteiger partial charge in [-0.05, 0) is 54.7 Å². The second-order valence-electron chi connectivity index (χ2n) is 7.61. The van der Waals surface area contributed by atoms with Crippen LogP contribution in [0.4, 0.5) is 5.69 Å². The quantitative estimate of drug-likeness (QED) is 0.449. The molecule has 30 heavy (non-hydrogen) atoms. The molecule has 2 heterocycles. The summed E-state index contributed by atoms with van der Waals surface area (Å²) >= 11 is 0. The van der Waals surface area contributed by atoms with E-state index in [0.29, 0.717) is 0 Å². The van der Waals surface area contributed by atoms with Crippen LogP contribution < -0.4 is 16.0 Å². The van der Waals surface area contributed by atoms with E-state index in [1.54, 1.807) is 0 Å². The lowest BCUT2D eigenvalue weighted by molar-refractivity contribution is -0.120. The van der Waals surface area contributed by atoms with Crippen molar-refractivity contribution in [1.29, 1.82) is 5.41 Å². The third-order valence-electron chi connectivity index (χ3n) is 5.51. The van der Waals surface area contributed by atoms with E-state index in [4.69, 9.17) is 11.1 Å². The molecule has 1 fully saturated rings. The molecule has 4 N–H and O–H groups in total. The molecule has 0 atom stereocenters. The van der Waals surface area contributed by atoms with Crippen LogP contribution in [0.3, 0.4) is 0 Å². The summed E-state index contributed by atoms with van der Waals surface area (Å²) in [5.74, 6) is -0.664. The normalized spacial score (nSPS) is 13.8. The Morgan fingerprint density at radius 3 is 2.07 bits per heavy atom. The minimum absolute atomic E-state index is 0.0834. The van der Waals surface area contributed by atoms with Crippen molar-refractivity contribution in [2.45, 2.75) is 25.8 Å². The van der Waals surface area contributed by atoms with Crippen molar-refractivity contribution in [3.05, 3.63) is 66.7 Å². The summed E-state index contributed by atoms with van der Waals surface area (Å²) in [6.45, 7) is 2.30. The number of carbonyl (C=O) groups is 1.